The lowest BCUT2D eigenvalue weighted by atomic mass is 10.1. The van der Waals surface area contributed by atoms with Crippen LogP contribution in [-0.2, 0) is 0 Å². The third-order valence-electron chi connectivity index (χ3n) is 2.15. The van der Waals surface area contributed by atoms with Gasteiger partial charge in [-0.1, -0.05) is 12.1 Å². The lowest BCUT2D eigenvalue weighted by Crippen LogP contribution is -2.04. The van der Waals surface area contributed by atoms with Crippen molar-refractivity contribution in [2.24, 2.45) is 0 Å². The van der Waals surface area contributed by atoms with E-state index in [2.05, 4.69) is 9.97 Å². The summed E-state index contributed by atoms with van der Waals surface area (Å²) in [6.45, 7) is 1.68. The second-order valence-corrected chi connectivity index (χ2v) is 3.26. The first-order valence-corrected chi connectivity index (χ1v) is 4.48. The fraction of sp³-hybridized carbons (Fsp3) is 0.0909. The van der Waals surface area contributed by atoms with Gasteiger partial charge in [-0.3, -0.25) is 4.79 Å². The lowest BCUT2D eigenvalue weighted by molar-refractivity contribution is 0.619. The number of nitrogens with one attached hydrogen (secondary N) is 1. The summed E-state index contributed by atoms with van der Waals surface area (Å²) in [5, 5.41) is 0. The largest absolute Gasteiger partial charge is 0.313 e. The molecule has 0 bridgehead atoms. The van der Waals surface area contributed by atoms with Crippen molar-refractivity contribution in [2.45, 2.75) is 6.92 Å². The van der Waals surface area contributed by atoms with Gasteiger partial charge in [-0.05, 0) is 18.6 Å². The zero-order chi connectivity index (χ0) is 10.8. The van der Waals surface area contributed by atoms with Crippen molar-refractivity contribution >= 4 is 0 Å². The van der Waals surface area contributed by atoms with Gasteiger partial charge in [0.25, 0.3) is 5.56 Å². The van der Waals surface area contributed by atoms with Crippen molar-refractivity contribution in [1.82, 2.24) is 9.97 Å². The van der Waals surface area contributed by atoms with Crippen LogP contribution in [0, 0.1) is 12.7 Å². The number of rotatable bonds is 1. The van der Waals surface area contributed by atoms with Gasteiger partial charge >= 0.3 is 0 Å². The molecule has 0 aliphatic heterocycles. The zero-order valence-electron chi connectivity index (χ0n) is 8.12. The van der Waals surface area contributed by atoms with E-state index in [9.17, 15) is 9.18 Å². The summed E-state index contributed by atoms with van der Waals surface area (Å²) in [6, 6.07) is 6.11. The van der Waals surface area contributed by atoms with Crippen LogP contribution in [0.2, 0.25) is 0 Å². The van der Waals surface area contributed by atoms with Crippen molar-refractivity contribution in [3.63, 3.8) is 0 Å². The molecular formula is C11H9FN2O. The Labute approximate surface area is 85.6 Å². The summed E-state index contributed by atoms with van der Waals surface area (Å²) in [5.74, 6) is -0.297. The quantitative estimate of drug-likeness (QED) is 0.770. The van der Waals surface area contributed by atoms with Crippen LogP contribution in [0.1, 0.15) is 5.56 Å². The molecule has 0 aliphatic rings. The van der Waals surface area contributed by atoms with Crippen LogP contribution in [-0.4, -0.2) is 9.97 Å². The molecular weight excluding hydrogens is 195 g/mol. The Balaban J connectivity index is 2.55. The van der Waals surface area contributed by atoms with E-state index in [1.807, 2.05) is 0 Å². The summed E-state index contributed by atoms with van der Waals surface area (Å²) in [4.78, 5) is 17.4. The molecule has 0 fully saturated rings. The van der Waals surface area contributed by atoms with E-state index in [0.29, 0.717) is 16.8 Å². The molecule has 0 saturated heterocycles. The fourth-order valence-electron chi connectivity index (χ4n) is 1.28. The minimum atomic E-state index is -0.297. The van der Waals surface area contributed by atoms with Gasteiger partial charge in [0, 0.05) is 11.6 Å². The fourth-order valence-corrected chi connectivity index (χ4v) is 1.28. The summed E-state index contributed by atoms with van der Waals surface area (Å²) in [7, 11) is 0. The number of aryl methyl sites for hydroxylation is 1. The third-order valence-corrected chi connectivity index (χ3v) is 2.15. The van der Waals surface area contributed by atoms with Crippen LogP contribution in [0.3, 0.4) is 0 Å². The number of nitrogens with zero attached hydrogens (tertiary/aromatic N) is 1. The Bertz CT molecular complexity index is 548. The molecule has 0 atom stereocenters. The molecule has 0 amide bonds. The van der Waals surface area contributed by atoms with Gasteiger partial charge in [-0.15, -0.1) is 0 Å². The van der Waals surface area contributed by atoms with Gasteiger partial charge in [0.2, 0.25) is 0 Å². The average molecular weight is 204 g/mol. The molecule has 1 heterocycles. The molecule has 0 aliphatic carbocycles. The Kier molecular flexibility index (Phi) is 2.33. The maximum absolute atomic E-state index is 13.3. The Hall–Kier alpha value is -1.97. The van der Waals surface area contributed by atoms with Crippen molar-refractivity contribution < 1.29 is 4.39 Å². The lowest BCUT2D eigenvalue weighted by Gasteiger charge is -2.01. The summed E-state index contributed by atoms with van der Waals surface area (Å²) >= 11 is 0. The smallest absolute Gasteiger partial charge is 0.251 e. The molecule has 1 aromatic carbocycles. The minimum absolute atomic E-state index is 0.249. The highest BCUT2D eigenvalue weighted by Crippen LogP contribution is 2.17. The van der Waals surface area contributed by atoms with Gasteiger partial charge in [0.1, 0.15) is 5.82 Å². The molecule has 2 aromatic rings. The van der Waals surface area contributed by atoms with Crippen molar-refractivity contribution in [3.05, 3.63) is 52.3 Å². The second kappa shape index (κ2) is 3.65. The molecule has 1 aromatic heterocycles. The minimum Gasteiger partial charge on any atom is -0.313 e. The van der Waals surface area contributed by atoms with Crippen LogP contribution < -0.4 is 5.56 Å². The molecule has 3 nitrogen and oxygen atoms in total. The van der Waals surface area contributed by atoms with E-state index in [-0.39, 0.29) is 11.4 Å². The maximum atomic E-state index is 13.3. The van der Waals surface area contributed by atoms with Crippen LogP contribution in [0.25, 0.3) is 11.3 Å². The first-order valence-electron chi connectivity index (χ1n) is 4.48. The Morgan fingerprint density at radius 1 is 1.33 bits per heavy atom. The number of H-pyrrole nitrogens is 1. The molecule has 0 saturated carbocycles. The number of aromatic amines is 1. The molecule has 15 heavy (non-hydrogen) atoms. The van der Waals surface area contributed by atoms with Crippen molar-refractivity contribution in [1.29, 1.82) is 0 Å². The molecule has 76 valence electrons. The normalized spacial score (nSPS) is 10.3. The third kappa shape index (κ3) is 1.93. The Morgan fingerprint density at radius 2 is 2.13 bits per heavy atom. The van der Waals surface area contributed by atoms with E-state index >= 15 is 0 Å². The highest BCUT2D eigenvalue weighted by Gasteiger charge is 2.03. The SMILES string of the molecule is Cc1ccc(-c2cc(=O)[nH]cn2)cc1F. The van der Waals surface area contributed by atoms with E-state index in [1.165, 1.54) is 18.5 Å². The molecule has 0 unspecified atom stereocenters. The number of aromatic nitrogens is 2. The number of hydrogen-bond acceptors (Lipinski definition) is 2. The second-order valence-electron chi connectivity index (χ2n) is 3.26. The number of halogens is 1. The van der Waals surface area contributed by atoms with Gasteiger partial charge < -0.3 is 4.98 Å². The van der Waals surface area contributed by atoms with Crippen LogP contribution in [0.4, 0.5) is 4.39 Å². The Morgan fingerprint density at radius 3 is 2.80 bits per heavy atom. The predicted molar refractivity (Wildman–Crippen MR) is 55.0 cm³/mol. The van der Waals surface area contributed by atoms with Gasteiger partial charge in [0.15, 0.2) is 0 Å². The summed E-state index contributed by atoms with van der Waals surface area (Å²) < 4.78 is 13.3. The van der Waals surface area contributed by atoms with Crippen LogP contribution in [0.5, 0.6) is 0 Å². The first kappa shape index (κ1) is 9.58. The number of hydrogen-bond donors (Lipinski definition) is 1. The van der Waals surface area contributed by atoms with E-state index < -0.39 is 0 Å². The molecule has 4 heteroatoms. The van der Waals surface area contributed by atoms with E-state index in [0.717, 1.165) is 0 Å². The highest BCUT2D eigenvalue weighted by molar-refractivity contribution is 5.58. The van der Waals surface area contributed by atoms with Crippen molar-refractivity contribution in [2.75, 3.05) is 0 Å². The van der Waals surface area contributed by atoms with E-state index in [4.69, 9.17) is 0 Å². The van der Waals surface area contributed by atoms with Crippen LogP contribution in [0.15, 0.2) is 35.4 Å². The summed E-state index contributed by atoms with van der Waals surface area (Å²) in [6.07, 6.45) is 1.30. The topological polar surface area (TPSA) is 45.8 Å². The summed E-state index contributed by atoms with van der Waals surface area (Å²) in [5.41, 5.74) is 1.39. The monoisotopic (exact) mass is 204 g/mol. The van der Waals surface area contributed by atoms with Crippen molar-refractivity contribution in [3.8, 4) is 11.3 Å². The van der Waals surface area contributed by atoms with E-state index in [1.54, 1.807) is 19.1 Å². The maximum Gasteiger partial charge on any atom is 0.251 e. The van der Waals surface area contributed by atoms with Gasteiger partial charge in [0.05, 0.1) is 12.0 Å². The van der Waals surface area contributed by atoms with Gasteiger partial charge in [-0.2, -0.15) is 0 Å². The molecule has 0 spiro atoms. The zero-order valence-corrected chi connectivity index (χ0v) is 8.12. The van der Waals surface area contributed by atoms with Crippen LogP contribution >= 0.6 is 0 Å². The molecule has 1 N–H and O–H groups in total. The average Bonchev–Trinajstić information content (AvgIpc) is 2.22. The standard InChI is InChI=1S/C11H9FN2O/c1-7-2-3-8(4-9(7)12)10-5-11(15)14-6-13-10/h2-6H,1H3,(H,13,14,15). The molecule has 2 rings (SSSR count). The molecule has 0 radical (unpaired) electrons. The predicted octanol–water partition coefficient (Wildman–Crippen LogP) is 1.88. The first-order chi connectivity index (χ1) is 7.16. The van der Waals surface area contributed by atoms with Gasteiger partial charge in [-0.25, -0.2) is 9.37 Å². The highest BCUT2D eigenvalue weighted by atomic mass is 19.1. The number of benzene rings is 1.